The molecule has 0 aliphatic heterocycles. The number of Topliss-reactive ketones (excluding diaryl/α,β-unsaturated/α-hetero) is 1. The van der Waals surface area contributed by atoms with Gasteiger partial charge in [0, 0.05) is 6.42 Å². The molecule has 64 valence electrons. The maximum Gasteiger partial charge on any atom is 0.163 e. The van der Waals surface area contributed by atoms with Crippen molar-refractivity contribution in [2.45, 2.75) is 38.7 Å². The van der Waals surface area contributed by atoms with E-state index in [-0.39, 0.29) is 5.78 Å². The molecule has 2 nitrogen and oxygen atoms in total. The highest BCUT2D eigenvalue weighted by Gasteiger charge is 2.21. The van der Waals surface area contributed by atoms with Gasteiger partial charge in [0.25, 0.3) is 0 Å². The van der Waals surface area contributed by atoms with Gasteiger partial charge in [-0.3, -0.25) is 4.79 Å². The lowest BCUT2D eigenvalue weighted by Gasteiger charge is -2.14. The fourth-order valence-electron chi connectivity index (χ4n) is 0.713. The Morgan fingerprint density at radius 2 is 2.18 bits per heavy atom. The van der Waals surface area contributed by atoms with Crippen molar-refractivity contribution in [3.63, 3.8) is 0 Å². The summed E-state index contributed by atoms with van der Waals surface area (Å²) < 4.78 is 0. The van der Waals surface area contributed by atoms with Crippen LogP contribution in [0.2, 0.25) is 0 Å². The molecule has 0 aromatic rings. The van der Waals surface area contributed by atoms with E-state index in [9.17, 15) is 9.90 Å². The summed E-state index contributed by atoms with van der Waals surface area (Å²) in [6, 6.07) is 0. The van der Waals surface area contributed by atoms with Crippen LogP contribution in [0.3, 0.4) is 0 Å². The van der Waals surface area contributed by atoms with E-state index in [1.165, 1.54) is 13.8 Å². The highest BCUT2D eigenvalue weighted by Crippen LogP contribution is 2.08. The van der Waals surface area contributed by atoms with Gasteiger partial charge in [0.05, 0.1) is 0 Å². The molecule has 0 aromatic heterocycles. The first kappa shape index (κ1) is 10.4. The van der Waals surface area contributed by atoms with Crippen LogP contribution >= 0.6 is 0 Å². The van der Waals surface area contributed by atoms with Gasteiger partial charge in [-0.25, -0.2) is 0 Å². The molecule has 0 bridgehead atoms. The van der Waals surface area contributed by atoms with Crippen molar-refractivity contribution in [1.82, 2.24) is 0 Å². The zero-order chi connectivity index (χ0) is 8.91. The highest BCUT2D eigenvalue weighted by atomic mass is 16.3. The smallest absolute Gasteiger partial charge is 0.163 e. The van der Waals surface area contributed by atoms with Crippen LogP contribution in [0.4, 0.5) is 0 Å². The molecular weight excluding hydrogens is 140 g/mol. The van der Waals surface area contributed by atoms with E-state index in [1.54, 1.807) is 6.08 Å². The number of unbranched alkanes of at least 4 members (excludes halogenated alkanes) is 1. The number of carbonyl (C=O) groups excluding carboxylic acids is 1. The van der Waals surface area contributed by atoms with Crippen molar-refractivity contribution < 1.29 is 9.90 Å². The van der Waals surface area contributed by atoms with Gasteiger partial charge < -0.3 is 5.11 Å². The maximum atomic E-state index is 11.1. The Morgan fingerprint density at radius 3 is 2.55 bits per heavy atom. The number of hydrogen-bond donors (Lipinski definition) is 1. The van der Waals surface area contributed by atoms with Crippen LogP contribution < -0.4 is 0 Å². The van der Waals surface area contributed by atoms with E-state index in [0.717, 1.165) is 12.8 Å². The lowest BCUT2D eigenvalue weighted by atomic mass is 9.99. The normalized spacial score (nSPS) is 11.2. The summed E-state index contributed by atoms with van der Waals surface area (Å²) in [6.07, 6.45) is 3.83. The van der Waals surface area contributed by atoms with E-state index in [2.05, 4.69) is 6.58 Å². The number of allylic oxidation sites excluding steroid dienone is 1. The first-order valence-corrected chi connectivity index (χ1v) is 3.85. The molecule has 0 spiro atoms. The third-order valence-corrected chi connectivity index (χ3v) is 1.49. The minimum Gasteiger partial charge on any atom is -0.383 e. The van der Waals surface area contributed by atoms with Crippen molar-refractivity contribution in [3.8, 4) is 0 Å². The molecule has 1 N–H and O–H groups in total. The summed E-state index contributed by atoms with van der Waals surface area (Å²) in [5, 5.41) is 9.21. The van der Waals surface area contributed by atoms with E-state index >= 15 is 0 Å². The third kappa shape index (κ3) is 4.73. The highest BCUT2D eigenvalue weighted by molar-refractivity contribution is 5.86. The second-order valence-corrected chi connectivity index (χ2v) is 3.16. The molecule has 0 heterocycles. The first-order valence-electron chi connectivity index (χ1n) is 3.85. The van der Waals surface area contributed by atoms with Crippen LogP contribution in [0.25, 0.3) is 0 Å². The Labute approximate surface area is 67.9 Å². The summed E-state index contributed by atoms with van der Waals surface area (Å²) >= 11 is 0. The van der Waals surface area contributed by atoms with Crippen LogP contribution in [0.5, 0.6) is 0 Å². The van der Waals surface area contributed by atoms with Crippen LogP contribution in [-0.4, -0.2) is 16.5 Å². The summed E-state index contributed by atoms with van der Waals surface area (Å²) in [4.78, 5) is 11.1. The molecule has 0 aromatic carbocycles. The topological polar surface area (TPSA) is 37.3 Å². The molecule has 0 rings (SSSR count). The van der Waals surface area contributed by atoms with Crippen LogP contribution in [0.1, 0.15) is 33.1 Å². The number of ketones is 1. The minimum atomic E-state index is -1.17. The average Bonchev–Trinajstić information content (AvgIpc) is 1.86. The predicted molar refractivity (Wildman–Crippen MR) is 45.4 cm³/mol. The minimum absolute atomic E-state index is 0.0978. The molecule has 0 aliphatic rings. The average molecular weight is 156 g/mol. The monoisotopic (exact) mass is 156 g/mol. The molecule has 0 saturated heterocycles. The SMILES string of the molecule is C=CCCCC(=O)C(C)(C)O. The van der Waals surface area contributed by atoms with Gasteiger partial charge in [0.2, 0.25) is 0 Å². The third-order valence-electron chi connectivity index (χ3n) is 1.49. The van der Waals surface area contributed by atoms with E-state index < -0.39 is 5.60 Å². The Kier molecular flexibility index (Phi) is 4.04. The largest absolute Gasteiger partial charge is 0.383 e. The molecule has 0 atom stereocenters. The Balaban J connectivity index is 3.62. The molecular formula is C9H16O2. The summed E-state index contributed by atoms with van der Waals surface area (Å²) in [5.41, 5.74) is -1.17. The zero-order valence-corrected chi connectivity index (χ0v) is 7.26. The molecule has 2 heteroatoms. The van der Waals surface area contributed by atoms with Gasteiger partial charge >= 0.3 is 0 Å². The molecule has 0 fully saturated rings. The number of rotatable bonds is 5. The van der Waals surface area contributed by atoms with Crippen molar-refractivity contribution >= 4 is 5.78 Å². The van der Waals surface area contributed by atoms with Gasteiger partial charge in [0.1, 0.15) is 5.60 Å². The van der Waals surface area contributed by atoms with Gasteiger partial charge in [-0.05, 0) is 26.7 Å². The maximum absolute atomic E-state index is 11.1. The number of carbonyl (C=O) groups is 1. The quantitative estimate of drug-likeness (QED) is 0.485. The van der Waals surface area contributed by atoms with E-state index in [1.807, 2.05) is 0 Å². The van der Waals surface area contributed by atoms with Crippen molar-refractivity contribution in [2.24, 2.45) is 0 Å². The van der Waals surface area contributed by atoms with E-state index in [0.29, 0.717) is 6.42 Å². The Bertz CT molecular complexity index is 142. The van der Waals surface area contributed by atoms with Crippen molar-refractivity contribution in [2.75, 3.05) is 0 Å². The van der Waals surface area contributed by atoms with Gasteiger partial charge in [-0.1, -0.05) is 6.08 Å². The van der Waals surface area contributed by atoms with Gasteiger partial charge in [-0.15, -0.1) is 6.58 Å². The first-order chi connectivity index (χ1) is 4.98. The Morgan fingerprint density at radius 1 is 1.64 bits per heavy atom. The van der Waals surface area contributed by atoms with Crippen LogP contribution in [-0.2, 0) is 4.79 Å². The molecule has 0 unspecified atom stereocenters. The molecule has 0 aliphatic carbocycles. The summed E-state index contributed by atoms with van der Waals surface area (Å²) in [6.45, 7) is 6.58. The van der Waals surface area contributed by atoms with Crippen molar-refractivity contribution in [1.29, 1.82) is 0 Å². The number of aliphatic hydroxyl groups is 1. The molecule has 0 radical (unpaired) electrons. The second-order valence-electron chi connectivity index (χ2n) is 3.16. The van der Waals surface area contributed by atoms with Gasteiger partial charge in [0.15, 0.2) is 5.78 Å². The molecule has 0 saturated carbocycles. The lowest BCUT2D eigenvalue weighted by Crippen LogP contribution is -2.30. The molecule has 11 heavy (non-hydrogen) atoms. The fourth-order valence-corrected chi connectivity index (χ4v) is 0.713. The summed E-state index contributed by atoms with van der Waals surface area (Å²) in [5.74, 6) is -0.0978. The van der Waals surface area contributed by atoms with Crippen LogP contribution in [0, 0.1) is 0 Å². The standard InChI is InChI=1S/C9H16O2/c1-4-5-6-7-8(10)9(2,3)11/h4,11H,1,5-7H2,2-3H3. The Hall–Kier alpha value is -0.630. The second kappa shape index (κ2) is 4.29. The van der Waals surface area contributed by atoms with Gasteiger partial charge in [-0.2, -0.15) is 0 Å². The van der Waals surface area contributed by atoms with Crippen molar-refractivity contribution in [3.05, 3.63) is 12.7 Å². The predicted octanol–water partition coefficient (Wildman–Crippen LogP) is 1.68. The fraction of sp³-hybridized carbons (Fsp3) is 0.667. The lowest BCUT2D eigenvalue weighted by molar-refractivity contribution is -0.134. The number of hydrogen-bond acceptors (Lipinski definition) is 2. The van der Waals surface area contributed by atoms with Crippen LogP contribution in [0.15, 0.2) is 12.7 Å². The molecule has 0 amide bonds. The summed E-state index contributed by atoms with van der Waals surface area (Å²) in [7, 11) is 0. The van der Waals surface area contributed by atoms with E-state index in [4.69, 9.17) is 0 Å². The zero-order valence-electron chi connectivity index (χ0n) is 7.26.